The van der Waals surface area contributed by atoms with Gasteiger partial charge in [-0.25, -0.2) is 4.79 Å². The van der Waals surface area contributed by atoms with Crippen molar-refractivity contribution in [3.05, 3.63) is 34.7 Å². The van der Waals surface area contributed by atoms with Crippen LogP contribution in [0.1, 0.15) is 32.2 Å². The van der Waals surface area contributed by atoms with Gasteiger partial charge in [0.05, 0.1) is 11.0 Å². The normalized spacial score (nSPS) is 16.3. The lowest BCUT2D eigenvalue weighted by Crippen LogP contribution is -2.45. The third-order valence-corrected chi connectivity index (χ3v) is 4.41. The van der Waals surface area contributed by atoms with Gasteiger partial charge in [0.1, 0.15) is 0 Å². The summed E-state index contributed by atoms with van der Waals surface area (Å²) >= 11 is 0. The van der Waals surface area contributed by atoms with E-state index in [0.717, 1.165) is 43.4 Å². The van der Waals surface area contributed by atoms with Gasteiger partial charge in [0.15, 0.2) is 6.19 Å². The maximum Gasteiger partial charge on any atom is 0.326 e. The molecule has 1 fully saturated rings. The van der Waals surface area contributed by atoms with E-state index in [-0.39, 0.29) is 11.7 Å². The zero-order valence-electron chi connectivity index (χ0n) is 13.8. The average molecular weight is 326 g/mol. The highest BCUT2D eigenvalue weighted by molar-refractivity contribution is 5.81. The van der Waals surface area contributed by atoms with Crippen molar-refractivity contribution in [1.82, 2.24) is 19.8 Å². The van der Waals surface area contributed by atoms with Crippen LogP contribution in [-0.4, -0.2) is 40.0 Å². The second-order valence-corrected chi connectivity index (χ2v) is 5.98. The highest BCUT2D eigenvalue weighted by atomic mass is 16.1. The van der Waals surface area contributed by atoms with Crippen LogP contribution < -0.4 is 11.0 Å². The Morgan fingerprint density at radius 2 is 2.17 bits per heavy atom. The Kier molecular flexibility index (Phi) is 4.85. The number of nitrogens with one attached hydrogen (secondary N) is 2. The lowest BCUT2D eigenvalue weighted by molar-refractivity contribution is 0.262. The standard InChI is InChI=1S/C17H22N6O/c1-2-9-19-16(20-12-18)22-10-7-13(8-11-22)23-15-6-4-3-5-14(15)21-17(23)24/h3-6,13H,2,7-11H2,1H3,(H,19,20)(H,21,24). The smallest absolute Gasteiger partial charge is 0.326 e. The van der Waals surface area contributed by atoms with Crippen molar-refractivity contribution in [3.63, 3.8) is 0 Å². The molecule has 0 aliphatic carbocycles. The summed E-state index contributed by atoms with van der Waals surface area (Å²) in [5.41, 5.74) is 1.78. The van der Waals surface area contributed by atoms with E-state index in [1.165, 1.54) is 0 Å². The van der Waals surface area contributed by atoms with Crippen LogP contribution in [0.25, 0.3) is 11.0 Å². The van der Waals surface area contributed by atoms with Gasteiger partial charge in [-0.05, 0) is 31.4 Å². The predicted octanol–water partition coefficient (Wildman–Crippen LogP) is 1.80. The van der Waals surface area contributed by atoms with Crippen molar-refractivity contribution in [2.45, 2.75) is 32.2 Å². The summed E-state index contributed by atoms with van der Waals surface area (Å²) in [6, 6.07) is 7.95. The molecule has 2 aromatic rings. The molecule has 126 valence electrons. The van der Waals surface area contributed by atoms with Crippen LogP contribution in [0.4, 0.5) is 0 Å². The number of para-hydroxylation sites is 2. The Hall–Kier alpha value is -2.75. The van der Waals surface area contributed by atoms with E-state index < -0.39 is 0 Å². The van der Waals surface area contributed by atoms with E-state index in [9.17, 15) is 4.79 Å². The molecule has 24 heavy (non-hydrogen) atoms. The Morgan fingerprint density at radius 1 is 1.42 bits per heavy atom. The number of rotatable bonds is 3. The van der Waals surface area contributed by atoms with Gasteiger partial charge in [0.2, 0.25) is 5.96 Å². The molecule has 0 spiro atoms. The lowest BCUT2D eigenvalue weighted by Gasteiger charge is -2.33. The number of benzene rings is 1. The predicted molar refractivity (Wildman–Crippen MR) is 93.7 cm³/mol. The number of aromatic nitrogens is 2. The first-order valence-corrected chi connectivity index (χ1v) is 8.38. The number of piperidine rings is 1. The number of aliphatic imine (C=N–C) groups is 1. The Balaban J connectivity index is 1.76. The van der Waals surface area contributed by atoms with Crippen LogP contribution in [0, 0.1) is 11.5 Å². The number of H-pyrrole nitrogens is 1. The van der Waals surface area contributed by atoms with Gasteiger partial charge in [0.25, 0.3) is 0 Å². The molecular weight excluding hydrogens is 304 g/mol. The minimum absolute atomic E-state index is 0.0512. The minimum atomic E-state index is -0.0512. The van der Waals surface area contributed by atoms with E-state index in [1.807, 2.05) is 35.0 Å². The molecule has 1 aromatic heterocycles. The molecule has 0 saturated carbocycles. The number of hydrogen-bond acceptors (Lipinski definition) is 3. The first kappa shape index (κ1) is 16.1. The monoisotopic (exact) mass is 326 g/mol. The fraction of sp³-hybridized carbons (Fsp3) is 0.471. The first-order valence-electron chi connectivity index (χ1n) is 8.38. The highest BCUT2D eigenvalue weighted by Gasteiger charge is 2.25. The molecule has 0 radical (unpaired) electrons. The third-order valence-electron chi connectivity index (χ3n) is 4.41. The molecule has 2 heterocycles. The molecule has 1 aromatic carbocycles. The third kappa shape index (κ3) is 3.13. The van der Waals surface area contributed by atoms with Crippen molar-refractivity contribution in [2.24, 2.45) is 4.99 Å². The SMILES string of the molecule is CCCN=C(NC#N)N1CCC(n2c(=O)[nH]c3ccccc32)CC1. The number of nitriles is 1. The molecule has 0 amide bonds. The largest absolute Gasteiger partial charge is 0.342 e. The summed E-state index contributed by atoms with van der Waals surface area (Å²) in [6.07, 6.45) is 4.60. The van der Waals surface area contributed by atoms with Crippen LogP contribution in [0.5, 0.6) is 0 Å². The van der Waals surface area contributed by atoms with E-state index in [0.29, 0.717) is 12.5 Å². The highest BCUT2D eigenvalue weighted by Crippen LogP contribution is 2.24. The van der Waals surface area contributed by atoms with Crippen LogP contribution in [0.3, 0.4) is 0 Å². The van der Waals surface area contributed by atoms with E-state index >= 15 is 0 Å². The van der Waals surface area contributed by atoms with Crippen LogP contribution >= 0.6 is 0 Å². The number of guanidine groups is 1. The van der Waals surface area contributed by atoms with Crippen molar-refractivity contribution in [1.29, 1.82) is 5.26 Å². The summed E-state index contributed by atoms with van der Waals surface area (Å²) in [5, 5.41) is 11.6. The second kappa shape index (κ2) is 7.21. The number of likely N-dealkylation sites (tertiary alicyclic amines) is 1. The van der Waals surface area contributed by atoms with Gasteiger partial charge >= 0.3 is 5.69 Å². The summed E-state index contributed by atoms with van der Waals surface area (Å²) in [5.74, 6) is 0.643. The molecule has 0 atom stereocenters. The number of aromatic amines is 1. The molecule has 1 aliphatic rings. The first-order chi connectivity index (χ1) is 11.7. The summed E-state index contributed by atoms with van der Waals surface area (Å²) < 4.78 is 1.87. The zero-order valence-corrected chi connectivity index (χ0v) is 13.8. The number of fused-ring (bicyclic) bond motifs is 1. The molecule has 0 bridgehead atoms. The molecule has 0 unspecified atom stereocenters. The lowest BCUT2D eigenvalue weighted by atomic mass is 10.0. The molecule has 1 aliphatic heterocycles. The second-order valence-electron chi connectivity index (χ2n) is 5.98. The van der Waals surface area contributed by atoms with E-state index in [1.54, 1.807) is 0 Å². The maximum absolute atomic E-state index is 12.3. The molecular formula is C17H22N6O. The molecule has 2 N–H and O–H groups in total. The van der Waals surface area contributed by atoms with Crippen molar-refractivity contribution in [3.8, 4) is 6.19 Å². The van der Waals surface area contributed by atoms with E-state index in [4.69, 9.17) is 5.26 Å². The zero-order chi connectivity index (χ0) is 16.9. The molecule has 7 heteroatoms. The fourth-order valence-corrected chi connectivity index (χ4v) is 3.26. The number of nitrogens with zero attached hydrogens (tertiary/aromatic N) is 4. The van der Waals surface area contributed by atoms with Gasteiger partial charge in [-0.2, -0.15) is 5.26 Å². The van der Waals surface area contributed by atoms with Crippen LogP contribution in [0.15, 0.2) is 34.1 Å². The fourth-order valence-electron chi connectivity index (χ4n) is 3.26. The van der Waals surface area contributed by atoms with E-state index in [2.05, 4.69) is 27.1 Å². The Labute approximate surface area is 140 Å². The average Bonchev–Trinajstić information content (AvgIpc) is 2.94. The van der Waals surface area contributed by atoms with Gasteiger partial charge in [0, 0.05) is 25.7 Å². The van der Waals surface area contributed by atoms with Gasteiger partial charge in [-0.3, -0.25) is 14.9 Å². The molecule has 3 rings (SSSR count). The maximum atomic E-state index is 12.3. The van der Waals surface area contributed by atoms with Crippen molar-refractivity contribution < 1.29 is 0 Å². The number of hydrogen-bond donors (Lipinski definition) is 2. The summed E-state index contributed by atoms with van der Waals surface area (Å²) in [7, 11) is 0. The van der Waals surface area contributed by atoms with Crippen LogP contribution in [0.2, 0.25) is 0 Å². The van der Waals surface area contributed by atoms with Crippen molar-refractivity contribution in [2.75, 3.05) is 19.6 Å². The quantitative estimate of drug-likeness (QED) is 0.389. The molecule has 1 saturated heterocycles. The van der Waals surface area contributed by atoms with Crippen LogP contribution in [-0.2, 0) is 0 Å². The summed E-state index contributed by atoms with van der Waals surface area (Å²) in [4.78, 5) is 21.8. The minimum Gasteiger partial charge on any atom is -0.342 e. The van der Waals surface area contributed by atoms with Gasteiger partial charge < -0.3 is 9.88 Å². The van der Waals surface area contributed by atoms with Gasteiger partial charge in [-0.15, -0.1) is 0 Å². The Morgan fingerprint density at radius 3 is 2.88 bits per heavy atom. The summed E-state index contributed by atoms with van der Waals surface area (Å²) in [6.45, 7) is 4.30. The Bertz CT molecular complexity index is 819. The molecule has 7 nitrogen and oxygen atoms in total. The van der Waals surface area contributed by atoms with Crippen molar-refractivity contribution >= 4 is 17.0 Å². The number of imidazole rings is 1. The van der Waals surface area contributed by atoms with Gasteiger partial charge in [-0.1, -0.05) is 19.1 Å². The topological polar surface area (TPSA) is 89.2 Å².